The van der Waals surface area contributed by atoms with Crippen LogP contribution >= 0.6 is 0 Å². The van der Waals surface area contributed by atoms with Gasteiger partial charge in [-0.3, -0.25) is 9.69 Å². The number of likely N-dealkylation sites (tertiary alicyclic amines) is 1. The van der Waals surface area contributed by atoms with Gasteiger partial charge in [-0.2, -0.15) is 0 Å². The zero-order valence-electron chi connectivity index (χ0n) is 18.7. The monoisotopic (exact) mass is 433 g/mol. The molecule has 1 N–H and O–H groups in total. The Morgan fingerprint density at radius 2 is 1.88 bits per heavy atom. The van der Waals surface area contributed by atoms with Gasteiger partial charge in [0.1, 0.15) is 5.75 Å². The van der Waals surface area contributed by atoms with Crippen LogP contribution in [0.25, 0.3) is 11.0 Å². The summed E-state index contributed by atoms with van der Waals surface area (Å²) in [4.78, 5) is 28.1. The van der Waals surface area contributed by atoms with Crippen molar-refractivity contribution in [1.82, 2.24) is 19.8 Å². The topological polar surface area (TPSA) is 64.7 Å². The van der Waals surface area contributed by atoms with Crippen molar-refractivity contribution < 1.29 is 9.53 Å². The Labute approximate surface area is 189 Å². The van der Waals surface area contributed by atoms with E-state index in [2.05, 4.69) is 37.9 Å². The number of aromatic nitrogens is 2. The number of rotatable bonds is 5. The Bertz CT molecular complexity index is 1030. The summed E-state index contributed by atoms with van der Waals surface area (Å²) < 4.78 is 5.28. The Hall–Kier alpha value is -3.06. The van der Waals surface area contributed by atoms with E-state index >= 15 is 0 Å². The fourth-order valence-corrected chi connectivity index (χ4v) is 4.95. The second-order valence-corrected chi connectivity index (χ2v) is 8.71. The van der Waals surface area contributed by atoms with Crippen LogP contribution in [0.1, 0.15) is 30.9 Å². The van der Waals surface area contributed by atoms with Gasteiger partial charge < -0.3 is 19.5 Å². The van der Waals surface area contributed by atoms with Gasteiger partial charge >= 0.3 is 0 Å². The van der Waals surface area contributed by atoms with Crippen LogP contribution in [-0.2, 0) is 4.79 Å². The Morgan fingerprint density at radius 3 is 2.69 bits per heavy atom. The Kier molecular flexibility index (Phi) is 5.99. The first kappa shape index (κ1) is 20.8. The molecule has 7 nitrogen and oxygen atoms in total. The Balaban J connectivity index is 1.20. The first-order chi connectivity index (χ1) is 15.7. The summed E-state index contributed by atoms with van der Waals surface area (Å²) in [5.74, 6) is 2.02. The first-order valence-corrected chi connectivity index (χ1v) is 11.6. The van der Waals surface area contributed by atoms with Crippen LogP contribution in [-0.4, -0.2) is 72.1 Å². The smallest absolute Gasteiger partial charge is 0.237 e. The lowest BCUT2D eigenvalue weighted by atomic mass is 10.0. The van der Waals surface area contributed by atoms with Crippen molar-refractivity contribution in [2.75, 3.05) is 51.3 Å². The number of nitrogens with zero attached hydrogens (tertiary/aromatic N) is 4. The van der Waals surface area contributed by atoms with Crippen molar-refractivity contribution in [3.63, 3.8) is 0 Å². The van der Waals surface area contributed by atoms with Gasteiger partial charge in [-0.05, 0) is 49.1 Å². The first-order valence-electron chi connectivity index (χ1n) is 11.6. The highest BCUT2D eigenvalue weighted by Crippen LogP contribution is 2.33. The minimum absolute atomic E-state index is 0.174. The quantitative estimate of drug-likeness (QED) is 0.668. The minimum atomic E-state index is 0.174. The molecular formula is C25H31N5O2. The maximum Gasteiger partial charge on any atom is 0.237 e. The number of nitrogens with one attached hydrogen (secondary N) is 1. The number of anilines is 1. The number of fused-ring (bicyclic) bond motifs is 1. The van der Waals surface area contributed by atoms with E-state index in [1.165, 1.54) is 5.56 Å². The van der Waals surface area contributed by atoms with Crippen molar-refractivity contribution in [2.24, 2.45) is 0 Å². The van der Waals surface area contributed by atoms with Gasteiger partial charge in [-0.25, -0.2) is 4.98 Å². The number of hydrogen-bond donors (Lipinski definition) is 1. The van der Waals surface area contributed by atoms with E-state index in [0.717, 1.165) is 74.7 Å². The largest absolute Gasteiger partial charge is 0.497 e. The number of carbonyl (C=O) groups excluding carboxylic acids is 1. The van der Waals surface area contributed by atoms with Crippen LogP contribution in [0.3, 0.4) is 0 Å². The van der Waals surface area contributed by atoms with Crippen LogP contribution in [0.2, 0.25) is 0 Å². The highest BCUT2D eigenvalue weighted by molar-refractivity contribution is 5.79. The molecule has 1 unspecified atom stereocenters. The van der Waals surface area contributed by atoms with Gasteiger partial charge in [0.25, 0.3) is 0 Å². The molecule has 0 spiro atoms. The summed E-state index contributed by atoms with van der Waals surface area (Å²) in [5, 5.41) is 0. The molecule has 2 saturated heterocycles. The standard InChI is InChI=1S/C25H31N5O2/c1-32-20-11-9-19(10-12-20)23-8-4-15-30(23)24(31)18-28-13-5-14-29(17-16-28)25-26-21-6-2-3-7-22(21)27-25/h2-3,6-7,9-12,23H,4-5,8,13-18H2,1H3,(H,26,27). The van der Waals surface area contributed by atoms with Crippen molar-refractivity contribution in [2.45, 2.75) is 25.3 Å². The summed E-state index contributed by atoms with van der Waals surface area (Å²) in [7, 11) is 1.68. The zero-order chi connectivity index (χ0) is 21.9. The molecule has 2 aliphatic heterocycles. The molecule has 5 rings (SSSR count). The number of aromatic amines is 1. The number of carbonyl (C=O) groups is 1. The van der Waals surface area contributed by atoms with Crippen LogP contribution in [0.15, 0.2) is 48.5 Å². The molecule has 0 bridgehead atoms. The summed E-state index contributed by atoms with van der Waals surface area (Å²) in [6, 6.07) is 16.5. The molecule has 3 aromatic rings. The number of amides is 1. The third-order valence-corrected chi connectivity index (χ3v) is 6.70. The molecule has 32 heavy (non-hydrogen) atoms. The summed E-state index contributed by atoms with van der Waals surface area (Å²) >= 11 is 0. The predicted octanol–water partition coefficient (Wildman–Crippen LogP) is 3.45. The van der Waals surface area contributed by atoms with Crippen LogP contribution in [0.5, 0.6) is 5.75 Å². The molecule has 0 saturated carbocycles. The molecule has 2 aliphatic rings. The lowest BCUT2D eigenvalue weighted by Gasteiger charge is -2.28. The molecule has 0 radical (unpaired) electrons. The molecule has 2 fully saturated rings. The third-order valence-electron chi connectivity index (χ3n) is 6.70. The van der Waals surface area contributed by atoms with E-state index < -0.39 is 0 Å². The van der Waals surface area contributed by atoms with E-state index in [9.17, 15) is 4.79 Å². The molecule has 1 amide bonds. The number of ether oxygens (including phenoxy) is 1. The lowest BCUT2D eigenvalue weighted by Crippen LogP contribution is -2.41. The van der Waals surface area contributed by atoms with Crippen LogP contribution in [0.4, 0.5) is 5.95 Å². The van der Waals surface area contributed by atoms with Crippen molar-refractivity contribution in [3.8, 4) is 5.75 Å². The summed E-state index contributed by atoms with van der Waals surface area (Å²) in [6.45, 7) is 4.94. The van der Waals surface area contributed by atoms with Gasteiger partial charge in [0.15, 0.2) is 0 Å². The molecular weight excluding hydrogens is 402 g/mol. The van der Waals surface area contributed by atoms with Gasteiger partial charge in [0.05, 0.1) is 30.7 Å². The van der Waals surface area contributed by atoms with E-state index in [-0.39, 0.29) is 11.9 Å². The fraction of sp³-hybridized carbons (Fsp3) is 0.440. The Morgan fingerprint density at radius 1 is 1.03 bits per heavy atom. The fourth-order valence-electron chi connectivity index (χ4n) is 4.95. The van der Waals surface area contributed by atoms with Crippen molar-refractivity contribution >= 4 is 22.9 Å². The maximum atomic E-state index is 13.2. The molecule has 1 aromatic heterocycles. The highest BCUT2D eigenvalue weighted by Gasteiger charge is 2.31. The second-order valence-electron chi connectivity index (χ2n) is 8.71. The second kappa shape index (κ2) is 9.20. The normalized spacial score (nSPS) is 20.0. The van der Waals surface area contributed by atoms with E-state index in [1.54, 1.807) is 7.11 Å². The lowest BCUT2D eigenvalue weighted by molar-refractivity contribution is -0.133. The maximum absolute atomic E-state index is 13.2. The number of para-hydroxylation sites is 2. The SMILES string of the molecule is COc1ccc(C2CCCN2C(=O)CN2CCCN(c3nc4ccccc4[nH]3)CC2)cc1. The number of benzene rings is 2. The number of H-pyrrole nitrogens is 1. The summed E-state index contributed by atoms with van der Waals surface area (Å²) in [5.41, 5.74) is 3.26. The van der Waals surface area contributed by atoms with Gasteiger partial charge in [0, 0.05) is 32.7 Å². The average Bonchev–Trinajstić information content (AvgIpc) is 3.42. The van der Waals surface area contributed by atoms with Gasteiger partial charge in [0.2, 0.25) is 11.9 Å². The number of hydrogen-bond acceptors (Lipinski definition) is 5. The van der Waals surface area contributed by atoms with Crippen LogP contribution in [0, 0.1) is 0 Å². The van der Waals surface area contributed by atoms with E-state index in [1.807, 2.05) is 30.3 Å². The predicted molar refractivity (Wildman–Crippen MR) is 126 cm³/mol. The van der Waals surface area contributed by atoms with Gasteiger partial charge in [-0.1, -0.05) is 24.3 Å². The highest BCUT2D eigenvalue weighted by atomic mass is 16.5. The molecule has 168 valence electrons. The molecule has 1 atom stereocenters. The van der Waals surface area contributed by atoms with Crippen molar-refractivity contribution in [1.29, 1.82) is 0 Å². The van der Waals surface area contributed by atoms with Crippen molar-refractivity contribution in [3.05, 3.63) is 54.1 Å². The molecule has 7 heteroatoms. The number of imidazole rings is 1. The minimum Gasteiger partial charge on any atom is -0.497 e. The van der Waals surface area contributed by atoms with Gasteiger partial charge in [-0.15, -0.1) is 0 Å². The molecule has 0 aliphatic carbocycles. The van der Waals surface area contributed by atoms with Crippen LogP contribution < -0.4 is 9.64 Å². The van der Waals surface area contributed by atoms with E-state index in [4.69, 9.17) is 9.72 Å². The number of methoxy groups -OCH3 is 1. The summed E-state index contributed by atoms with van der Waals surface area (Å²) in [6.07, 6.45) is 3.10. The third kappa shape index (κ3) is 4.30. The molecule has 2 aromatic carbocycles. The molecule has 3 heterocycles. The zero-order valence-corrected chi connectivity index (χ0v) is 18.7. The average molecular weight is 434 g/mol. The van der Waals surface area contributed by atoms with E-state index in [0.29, 0.717) is 6.54 Å².